The Kier molecular flexibility index (Phi) is 7.97. The summed E-state index contributed by atoms with van der Waals surface area (Å²) in [4.78, 5) is 37.0. The summed E-state index contributed by atoms with van der Waals surface area (Å²) in [5.74, 6) is 1.68. The number of amides is 2. The molecule has 5 aromatic rings. The fraction of sp³-hybridized carbons (Fsp3) is 0.389. The van der Waals surface area contributed by atoms with Gasteiger partial charge in [0.15, 0.2) is 5.82 Å². The summed E-state index contributed by atoms with van der Waals surface area (Å²) in [5, 5.41) is 7.77. The number of rotatable bonds is 8. The standard InChI is InChI=1S/C36H42N8O3/c1-21-8-6-7-9-27(21)35(45)38-22(2)28-13-12-24-17-30(43(33(24)39-28)19-23-10-11-23)34-40-29-16-25(18-31(47-5)32(29)42(34)4)36(46)44-20-26(37)14-15-41(44)3/h6-9,12-13,16-18,22-23,26H,10-11,14-15,19-20,37H2,1-5H3,(H,38,45)/t22-,26-/m1/s1. The highest BCUT2D eigenvalue weighted by atomic mass is 16.5. The van der Waals surface area contributed by atoms with Crippen molar-refractivity contribution in [3.63, 3.8) is 0 Å². The van der Waals surface area contributed by atoms with E-state index in [1.165, 1.54) is 12.8 Å². The molecule has 1 saturated heterocycles. The minimum atomic E-state index is -0.288. The number of nitrogens with zero attached hydrogens (tertiary/aromatic N) is 6. The highest BCUT2D eigenvalue weighted by molar-refractivity contribution is 6.00. The molecule has 2 fully saturated rings. The lowest BCUT2D eigenvalue weighted by Gasteiger charge is -2.38. The second-order valence-electron chi connectivity index (χ2n) is 13.1. The summed E-state index contributed by atoms with van der Waals surface area (Å²) in [7, 11) is 5.51. The van der Waals surface area contributed by atoms with Crippen LogP contribution in [0.4, 0.5) is 0 Å². The predicted molar refractivity (Wildman–Crippen MR) is 182 cm³/mol. The molecule has 2 aromatic carbocycles. The molecule has 2 amide bonds. The van der Waals surface area contributed by atoms with E-state index in [-0.39, 0.29) is 23.9 Å². The van der Waals surface area contributed by atoms with Gasteiger partial charge in [-0.05, 0) is 81.0 Å². The topological polar surface area (TPSA) is 124 Å². The highest BCUT2D eigenvalue weighted by Crippen LogP contribution is 2.38. The van der Waals surface area contributed by atoms with Crippen molar-refractivity contribution in [1.29, 1.82) is 0 Å². The van der Waals surface area contributed by atoms with Crippen LogP contribution in [0.25, 0.3) is 33.6 Å². The van der Waals surface area contributed by atoms with Crippen LogP contribution in [-0.4, -0.2) is 74.2 Å². The number of fused-ring (bicyclic) bond motifs is 2. The Bertz CT molecular complexity index is 2010. The van der Waals surface area contributed by atoms with Crippen LogP contribution in [0.5, 0.6) is 5.75 Å². The van der Waals surface area contributed by atoms with Gasteiger partial charge in [-0.15, -0.1) is 0 Å². The van der Waals surface area contributed by atoms with E-state index in [0.717, 1.165) is 58.8 Å². The van der Waals surface area contributed by atoms with Crippen LogP contribution < -0.4 is 15.8 Å². The molecule has 0 unspecified atom stereocenters. The van der Waals surface area contributed by atoms with Gasteiger partial charge in [0.1, 0.15) is 16.9 Å². The molecule has 7 rings (SSSR count). The van der Waals surface area contributed by atoms with E-state index in [1.807, 2.05) is 73.9 Å². The third kappa shape index (κ3) is 5.74. The fourth-order valence-electron chi connectivity index (χ4n) is 6.62. The van der Waals surface area contributed by atoms with Crippen LogP contribution in [0.3, 0.4) is 0 Å². The number of hydrazine groups is 1. The molecule has 0 spiro atoms. The normalized spacial score (nSPS) is 17.7. The summed E-state index contributed by atoms with van der Waals surface area (Å²) in [5.41, 5.74) is 12.4. The Labute approximate surface area is 274 Å². The van der Waals surface area contributed by atoms with E-state index in [9.17, 15) is 9.59 Å². The molecule has 47 heavy (non-hydrogen) atoms. The van der Waals surface area contributed by atoms with E-state index in [1.54, 1.807) is 18.2 Å². The Morgan fingerprint density at radius 2 is 1.85 bits per heavy atom. The van der Waals surface area contributed by atoms with E-state index < -0.39 is 0 Å². The minimum Gasteiger partial charge on any atom is -0.494 e. The lowest BCUT2D eigenvalue weighted by atomic mass is 10.1. The third-order valence-corrected chi connectivity index (χ3v) is 9.59. The Balaban J connectivity index is 1.27. The lowest BCUT2D eigenvalue weighted by Crippen LogP contribution is -2.55. The number of methoxy groups -OCH3 is 1. The first-order valence-electron chi connectivity index (χ1n) is 16.3. The maximum absolute atomic E-state index is 13.7. The van der Waals surface area contributed by atoms with Crippen molar-refractivity contribution in [2.45, 2.75) is 51.7 Å². The van der Waals surface area contributed by atoms with Crippen LogP contribution >= 0.6 is 0 Å². The summed E-state index contributed by atoms with van der Waals surface area (Å²) >= 11 is 0. The molecule has 11 nitrogen and oxygen atoms in total. The fourth-order valence-corrected chi connectivity index (χ4v) is 6.62. The van der Waals surface area contributed by atoms with Gasteiger partial charge in [0, 0.05) is 49.7 Å². The lowest BCUT2D eigenvalue weighted by molar-refractivity contribution is -0.0168. The summed E-state index contributed by atoms with van der Waals surface area (Å²) < 4.78 is 10.1. The van der Waals surface area contributed by atoms with E-state index in [0.29, 0.717) is 34.9 Å². The van der Waals surface area contributed by atoms with Gasteiger partial charge in [-0.1, -0.05) is 18.2 Å². The molecule has 0 bridgehead atoms. The van der Waals surface area contributed by atoms with Gasteiger partial charge in [0.2, 0.25) is 0 Å². The first kappa shape index (κ1) is 30.9. The van der Waals surface area contributed by atoms with Gasteiger partial charge in [0.25, 0.3) is 11.8 Å². The van der Waals surface area contributed by atoms with Crippen LogP contribution in [0.15, 0.2) is 54.6 Å². The smallest absolute Gasteiger partial charge is 0.268 e. The number of carbonyl (C=O) groups excluding carboxylic acids is 2. The number of hydrogen-bond donors (Lipinski definition) is 2. The zero-order chi connectivity index (χ0) is 33.0. The van der Waals surface area contributed by atoms with E-state index in [2.05, 4.69) is 22.0 Å². The Hall–Kier alpha value is -4.74. The van der Waals surface area contributed by atoms with Crippen molar-refractivity contribution >= 4 is 33.9 Å². The van der Waals surface area contributed by atoms with E-state index in [4.69, 9.17) is 20.4 Å². The average molecular weight is 635 g/mol. The second kappa shape index (κ2) is 12.1. The molecular weight excluding hydrogens is 592 g/mol. The van der Waals surface area contributed by atoms with Crippen molar-refractivity contribution < 1.29 is 14.3 Å². The number of aryl methyl sites for hydroxylation is 2. The molecule has 0 radical (unpaired) electrons. The largest absolute Gasteiger partial charge is 0.494 e. The molecule has 1 aliphatic heterocycles. The molecule has 11 heteroatoms. The summed E-state index contributed by atoms with van der Waals surface area (Å²) in [6.07, 6.45) is 3.20. The van der Waals surface area contributed by atoms with Crippen LogP contribution in [-0.2, 0) is 13.6 Å². The molecule has 1 aliphatic carbocycles. The van der Waals surface area contributed by atoms with Crippen molar-refractivity contribution in [2.24, 2.45) is 18.7 Å². The molecular formula is C36H42N8O3. The molecule has 4 heterocycles. The van der Waals surface area contributed by atoms with Gasteiger partial charge in [-0.25, -0.2) is 15.0 Å². The van der Waals surface area contributed by atoms with Gasteiger partial charge < -0.3 is 24.9 Å². The summed E-state index contributed by atoms with van der Waals surface area (Å²) in [6.45, 7) is 5.91. The van der Waals surface area contributed by atoms with Crippen molar-refractivity contribution in [3.05, 3.63) is 77.0 Å². The average Bonchev–Trinajstić information content (AvgIpc) is 3.74. The Morgan fingerprint density at radius 1 is 1.06 bits per heavy atom. The number of carbonyl (C=O) groups is 2. The first-order chi connectivity index (χ1) is 22.6. The maximum atomic E-state index is 13.7. The van der Waals surface area contributed by atoms with Crippen molar-refractivity contribution in [1.82, 2.24) is 34.4 Å². The summed E-state index contributed by atoms with van der Waals surface area (Å²) in [6, 6.07) is 17.1. The highest BCUT2D eigenvalue weighted by Gasteiger charge is 2.30. The van der Waals surface area contributed by atoms with Gasteiger partial charge in [-0.2, -0.15) is 0 Å². The van der Waals surface area contributed by atoms with Gasteiger partial charge in [0.05, 0.1) is 36.6 Å². The van der Waals surface area contributed by atoms with Crippen LogP contribution in [0.1, 0.15) is 64.2 Å². The van der Waals surface area contributed by atoms with Gasteiger partial charge in [-0.3, -0.25) is 14.6 Å². The molecule has 244 valence electrons. The minimum absolute atomic E-state index is 0.0583. The number of pyridine rings is 1. The monoisotopic (exact) mass is 634 g/mol. The maximum Gasteiger partial charge on any atom is 0.268 e. The number of imidazole rings is 1. The quantitative estimate of drug-likeness (QED) is 0.251. The molecule has 2 aliphatic rings. The van der Waals surface area contributed by atoms with Crippen molar-refractivity contribution in [3.8, 4) is 17.3 Å². The number of benzene rings is 2. The molecule has 3 aromatic heterocycles. The number of aromatic nitrogens is 4. The first-order valence-corrected chi connectivity index (χ1v) is 16.3. The SMILES string of the molecule is COc1cc(C(=O)N2C[C@H](N)CCN2C)cc2nc(-c3cc4ccc([C@@H](C)NC(=O)c5ccccc5C)nc4n3CC3CC3)n(C)c12. The molecule has 2 atom stereocenters. The van der Waals surface area contributed by atoms with Gasteiger partial charge >= 0.3 is 0 Å². The molecule has 3 N–H and O–H groups in total. The zero-order valence-electron chi connectivity index (χ0n) is 27.7. The number of nitrogens with two attached hydrogens (primary N) is 1. The second-order valence-corrected chi connectivity index (χ2v) is 13.1. The van der Waals surface area contributed by atoms with Crippen molar-refractivity contribution in [2.75, 3.05) is 27.2 Å². The van der Waals surface area contributed by atoms with Crippen LogP contribution in [0.2, 0.25) is 0 Å². The van der Waals surface area contributed by atoms with Crippen LogP contribution in [0, 0.1) is 12.8 Å². The Morgan fingerprint density at radius 3 is 2.60 bits per heavy atom. The van der Waals surface area contributed by atoms with E-state index >= 15 is 0 Å². The number of nitrogens with one attached hydrogen (secondary N) is 1. The molecule has 1 saturated carbocycles. The number of ether oxygens (including phenoxy) is 1. The third-order valence-electron chi connectivity index (χ3n) is 9.59. The zero-order valence-corrected chi connectivity index (χ0v) is 27.7. The predicted octanol–water partition coefficient (Wildman–Crippen LogP) is 4.83. The number of hydrogen-bond acceptors (Lipinski definition) is 7.